The Kier molecular flexibility index (Phi) is 12.3. The minimum absolute atomic E-state index is 0.608. The maximum atomic E-state index is 3.90. The lowest BCUT2D eigenvalue weighted by atomic mass is 9.68. The molecule has 0 atom stereocenters. The van der Waals surface area contributed by atoms with E-state index in [4.69, 9.17) is 0 Å². The molecule has 0 aromatic carbocycles. The smallest absolute Gasteiger partial charge is 0.0600 e. The molecule has 0 radical (unpaired) electrons. The molecule has 2 aliphatic carbocycles. The predicted molar refractivity (Wildman–Crippen MR) is 136 cm³/mol. The molecule has 1 heterocycles. The van der Waals surface area contributed by atoms with E-state index in [2.05, 4.69) is 24.5 Å². The van der Waals surface area contributed by atoms with Crippen molar-refractivity contribution in [2.75, 3.05) is 13.1 Å². The van der Waals surface area contributed by atoms with Crippen LogP contribution in [0.4, 0.5) is 0 Å². The van der Waals surface area contributed by atoms with Crippen LogP contribution in [0.5, 0.6) is 0 Å². The average molecular weight is 433 g/mol. The van der Waals surface area contributed by atoms with Crippen LogP contribution < -0.4 is 10.6 Å². The quantitative estimate of drug-likeness (QED) is 0.287. The van der Waals surface area contributed by atoms with Gasteiger partial charge in [0.05, 0.1) is 6.17 Å². The SMILES string of the molecule is CCCCCCCC1CCC(C2CCC(C3NCC(CCCCCC)CN3)CC2)CC1. The molecule has 3 rings (SSSR count). The van der Waals surface area contributed by atoms with E-state index < -0.39 is 0 Å². The summed E-state index contributed by atoms with van der Waals surface area (Å²) < 4.78 is 0. The summed E-state index contributed by atoms with van der Waals surface area (Å²) in [5, 5.41) is 7.80. The van der Waals surface area contributed by atoms with E-state index in [0.29, 0.717) is 6.17 Å². The van der Waals surface area contributed by atoms with Crippen molar-refractivity contribution in [1.29, 1.82) is 0 Å². The van der Waals surface area contributed by atoms with Gasteiger partial charge in [0.1, 0.15) is 0 Å². The van der Waals surface area contributed by atoms with E-state index in [0.717, 1.165) is 29.6 Å². The normalized spacial score (nSPS) is 34.6. The zero-order valence-electron chi connectivity index (χ0n) is 21.3. The number of hydrogen-bond donors (Lipinski definition) is 2. The van der Waals surface area contributed by atoms with Crippen molar-refractivity contribution in [2.24, 2.45) is 29.6 Å². The minimum atomic E-state index is 0.608. The number of rotatable bonds is 13. The zero-order valence-corrected chi connectivity index (χ0v) is 21.3. The Morgan fingerprint density at radius 3 is 1.52 bits per heavy atom. The summed E-state index contributed by atoms with van der Waals surface area (Å²) in [4.78, 5) is 0. The molecule has 3 aliphatic rings. The van der Waals surface area contributed by atoms with Gasteiger partial charge in [0.2, 0.25) is 0 Å². The van der Waals surface area contributed by atoms with E-state index in [1.165, 1.54) is 109 Å². The summed E-state index contributed by atoms with van der Waals surface area (Å²) in [5.41, 5.74) is 0. The topological polar surface area (TPSA) is 24.1 Å². The van der Waals surface area contributed by atoms with Crippen molar-refractivity contribution in [3.05, 3.63) is 0 Å². The van der Waals surface area contributed by atoms with E-state index in [9.17, 15) is 0 Å². The van der Waals surface area contributed by atoms with E-state index in [1.807, 2.05) is 0 Å². The van der Waals surface area contributed by atoms with Crippen molar-refractivity contribution in [3.8, 4) is 0 Å². The molecule has 0 amide bonds. The third kappa shape index (κ3) is 9.00. The molecule has 3 fully saturated rings. The van der Waals surface area contributed by atoms with Crippen molar-refractivity contribution in [2.45, 2.75) is 142 Å². The Bertz CT molecular complexity index is 426. The van der Waals surface area contributed by atoms with Gasteiger partial charge in [0, 0.05) is 13.1 Å². The van der Waals surface area contributed by atoms with Crippen molar-refractivity contribution >= 4 is 0 Å². The first-order valence-corrected chi connectivity index (χ1v) is 14.8. The van der Waals surface area contributed by atoms with Crippen LogP contribution in [0, 0.1) is 29.6 Å². The molecule has 182 valence electrons. The van der Waals surface area contributed by atoms with Gasteiger partial charge in [-0.1, -0.05) is 90.9 Å². The van der Waals surface area contributed by atoms with E-state index >= 15 is 0 Å². The standard InChI is InChI=1S/C29H56N2/c1-3-5-7-9-11-12-24-14-16-26(17-15-24)27-18-20-28(21-19-27)29-30-22-25(23-31-29)13-10-8-6-4-2/h24-31H,3-23H2,1-2H3. The molecule has 0 aromatic rings. The van der Waals surface area contributed by atoms with Gasteiger partial charge in [-0.2, -0.15) is 0 Å². The highest BCUT2D eigenvalue weighted by molar-refractivity contribution is 4.88. The Balaban J connectivity index is 1.24. The van der Waals surface area contributed by atoms with Gasteiger partial charge in [0.25, 0.3) is 0 Å². The first kappa shape index (κ1) is 25.5. The Morgan fingerprint density at radius 2 is 0.935 bits per heavy atom. The third-order valence-corrected chi connectivity index (χ3v) is 9.28. The number of nitrogens with one attached hydrogen (secondary N) is 2. The largest absolute Gasteiger partial charge is 0.301 e. The maximum absolute atomic E-state index is 3.90. The van der Waals surface area contributed by atoms with Gasteiger partial charge in [-0.3, -0.25) is 0 Å². The highest BCUT2D eigenvalue weighted by Gasteiger charge is 2.34. The molecule has 0 unspecified atom stereocenters. The van der Waals surface area contributed by atoms with Crippen molar-refractivity contribution in [3.63, 3.8) is 0 Å². The van der Waals surface area contributed by atoms with Crippen LogP contribution in [0.25, 0.3) is 0 Å². The first-order chi connectivity index (χ1) is 15.3. The average Bonchev–Trinajstić information content (AvgIpc) is 2.83. The Hall–Kier alpha value is -0.0800. The second-order valence-electron chi connectivity index (χ2n) is 11.7. The molecule has 0 aromatic heterocycles. The van der Waals surface area contributed by atoms with Crippen LogP contribution in [0.3, 0.4) is 0 Å². The fourth-order valence-corrected chi connectivity index (χ4v) is 7.06. The summed E-state index contributed by atoms with van der Waals surface area (Å²) >= 11 is 0. The molecular formula is C29H56N2. The van der Waals surface area contributed by atoms with Crippen LogP contribution in [0.15, 0.2) is 0 Å². The second kappa shape index (κ2) is 14.9. The number of unbranched alkanes of at least 4 members (excludes halogenated alkanes) is 7. The lowest BCUT2D eigenvalue weighted by Gasteiger charge is -2.42. The molecule has 31 heavy (non-hydrogen) atoms. The molecular weight excluding hydrogens is 376 g/mol. The molecule has 0 bridgehead atoms. The fourth-order valence-electron chi connectivity index (χ4n) is 7.06. The predicted octanol–water partition coefficient (Wildman–Crippen LogP) is 8.07. The monoisotopic (exact) mass is 432 g/mol. The summed E-state index contributed by atoms with van der Waals surface area (Å²) in [6, 6.07) is 0. The van der Waals surface area contributed by atoms with Gasteiger partial charge in [-0.15, -0.1) is 0 Å². The van der Waals surface area contributed by atoms with Crippen LogP contribution in [0.1, 0.15) is 136 Å². The molecule has 0 spiro atoms. The van der Waals surface area contributed by atoms with E-state index in [-0.39, 0.29) is 0 Å². The molecule has 1 aliphatic heterocycles. The summed E-state index contributed by atoms with van der Waals surface area (Å²) in [6.45, 7) is 7.14. The van der Waals surface area contributed by atoms with Crippen LogP contribution in [-0.4, -0.2) is 19.3 Å². The second-order valence-corrected chi connectivity index (χ2v) is 11.7. The van der Waals surface area contributed by atoms with Crippen LogP contribution >= 0.6 is 0 Å². The molecule has 2 N–H and O–H groups in total. The summed E-state index contributed by atoms with van der Waals surface area (Å²) in [6.07, 6.45) is 28.6. The minimum Gasteiger partial charge on any atom is -0.301 e. The lowest BCUT2D eigenvalue weighted by molar-refractivity contribution is 0.112. The molecule has 2 nitrogen and oxygen atoms in total. The van der Waals surface area contributed by atoms with Gasteiger partial charge in [-0.05, 0) is 74.5 Å². The van der Waals surface area contributed by atoms with Crippen LogP contribution in [-0.2, 0) is 0 Å². The van der Waals surface area contributed by atoms with Crippen molar-refractivity contribution < 1.29 is 0 Å². The Labute approximate surface area is 195 Å². The van der Waals surface area contributed by atoms with Gasteiger partial charge >= 0.3 is 0 Å². The zero-order chi connectivity index (χ0) is 21.7. The fraction of sp³-hybridized carbons (Fsp3) is 1.00. The molecule has 2 heteroatoms. The van der Waals surface area contributed by atoms with Gasteiger partial charge < -0.3 is 10.6 Å². The van der Waals surface area contributed by atoms with Gasteiger partial charge in [-0.25, -0.2) is 0 Å². The first-order valence-electron chi connectivity index (χ1n) is 14.8. The Morgan fingerprint density at radius 1 is 0.484 bits per heavy atom. The highest BCUT2D eigenvalue weighted by Crippen LogP contribution is 2.43. The van der Waals surface area contributed by atoms with Crippen LogP contribution in [0.2, 0.25) is 0 Å². The summed E-state index contributed by atoms with van der Waals surface area (Å²) in [7, 11) is 0. The lowest BCUT2D eigenvalue weighted by Crippen LogP contribution is -2.56. The third-order valence-electron chi connectivity index (χ3n) is 9.28. The van der Waals surface area contributed by atoms with E-state index in [1.54, 1.807) is 25.7 Å². The summed E-state index contributed by atoms with van der Waals surface area (Å²) in [5.74, 6) is 4.94. The maximum Gasteiger partial charge on any atom is 0.0600 e. The molecule has 1 saturated heterocycles. The number of hydrogen-bond acceptors (Lipinski definition) is 2. The van der Waals surface area contributed by atoms with Gasteiger partial charge in [0.15, 0.2) is 0 Å². The van der Waals surface area contributed by atoms with Crippen molar-refractivity contribution in [1.82, 2.24) is 10.6 Å². The highest BCUT2D eigenvalue weighted by atomic mass is 15.2. The molecule has 2 saturated carbocycles.